The molecule has 4 rings (SSSR count). The van der Waals surface area contributed by atoms with Crippen molar-refractivity contribution in [2.24, 2.45) is 0 Å². The zero-order valence-corrected chi connectivity index (χ0v) is 17.9. The molecule has 0 bridgehead atoms. The molecule has 1 amide bonds. The first-order chi connectivity index (χ1) is 15.4. The van der Waals surface area contributed by atoms with E-state index in [1.807, 2.05) is 0 Å². The number of carbonyl (C=O) groups excluding carboxylic acids is 2. The van der Waals surface area contributed by atoms with Crippen LogP contribution in [0.15, 0.2) is 48.5 Å². The number of H-pyrrole nitrogens is 1. The van der Waals surface area contributed by atoms with Crippen LogP contribution in [-0.4, -0.2) is 35.8 Å². The minimum Gasteiger partial charge on any atom is -0.465 e. The Labute approximate surface area is 188 Å². The molecule has 0 aliphatic heterocycles. The van der Waals surface area contributed by atoms with E-state index in [0.717, 1.165) is 11.3 Å². The Balaban J connectivity index is 1.50. The molecule has 0 saturated heterocycles. The fourth-order valence-corrected chi connectivity index (χ4v) is 4.42. The summed E-state index contributed by atoms with van der Waals surface area (Å²) < 4.78 is 34.3. The predicted molar refractivity (Wildman–Crippen MR) is 117 cm³/mol. The molecule has 0 fully saturated rings. The molecule has 7 nitrogen and oxygen atoms in total. The van der Waals surface area contributed by atoms with Gasteiger partial charge in [0.1, 0.15) is 16.3 Å². The normalized spacial score (nSPS) is 11.0. The summed E-state index contributed by atoms with van der Waals surface area (Å²) in [6.45, 7) is -2.90. The first-order valence-corrected chi connectivity index (χ1v) is 10.3. The Morgan fingerprint density at radius 1 is 1.16 bits per heavy atom. The summed E-state index contributed by atoms with van der Waals surface area (Å²) in [6.07, 6.45) is 0. The van der Waals surface area contributed by atoms with E-state index in [9.17, 15) is 18.4 Å². The van der Waals surface area contributed by atoms with Crippen molar-refractivity contribution in [2.45, 2.75) is 6.61 Å². The fraction of sp³-hybridized carbons (Fsp3) is 0.0952. The molecule has 2 heterocycles. The van der Waals surface area contributed by atoms with Gasteiger partial charge >= 0.3 is 12.6 Å². The second-order valence-corrected chi connectivity index (χ2v) is 7.90. The number of anilines is 1. The van der Waals surface area contributed by atoms with Gasteiger partial charge in [-0.1, -0.05) is 11.6 Å². The molecular weight excluding hydrogens is 464 g/mol. The van der Waals surface area contributed by atoms with Gasteiger partial charge < -0.3 is 14.8 Å². The summed E-state index contributed by atoms with van der Waals surface area (Å²) in [5, 5.41) is 10.5. The maximum atomic E-state index is 12.6. The van der Waals surface area contributed by atoms with E-state index in [-0.39, 0.29) is 16.3 Å². The summed E-state index contributed by atoms with van der Waals surface area (Å²) in [5.74, 6) is -0.936. The molecule has 0 aliphatic rings. The van der Waals surface area contributed by atoms with Crippen LogP contribution in [0.25, 0.3) is 21.3 Å². The van der Waals surface area contributed by atoms with Gasteiger partial charge in [0.15, 0.2) is 0 Å². The number of aromatic nitrogens is 2. The van der Waals surface area contributed by atoms with Crippen LogP contribution in [0.5, 0.6) is 5.75 Å². The lowest BCUT2D eigenvalue weighted by molar-refractivity contribution is -0.0498. The molecule has 0 saturated carbocycles. The number of esters is 1. The molecule has 4 aromatic rings. The van der Waals surface area contributed by atoms with Gasteiger partial charge in [-0.15, -0.1) is 11.3 Å². The second-order valence-electron chi connectivity index (χ2n) is 6.47. The lowest BCUT2D eigenvalue weighted by Crippen LogP contribution is -2.12. The van der Waals surface area contributed by atoms with E-state index in [4.69, 9.17) is 16.3 Å². The monoisotopic (exact) mass is 477 g/mol. The third-order valence-electron chi connectivity index (χ3n) is 4.46. The number of methoxy groups -OCH3 is 1. The maximum absolute atomic E-state index is 12.6. The maximum Gasteiger partial charge on any atom is 0.387 e. The van der Waals surface area contributed by atoms with E-state index in [0.29, 0.717) is 32.1 Å². The standard InChI is InChI=1S/C21H14ClF2N3O4S/c1-30-20(29)18-17(22)13-7-4-11(8-16(13)32-18)25-19(28)15-9-14(26-27-15)10-2-5-12(6-3-10)31-21(23)24/h2-9,21H,1H3,(H,25,28)(H,26,27). The number of aromatic amines is 1. The van der Waals surface area contributed by atoms with Crippen molar-refractivity contribution in [3.8, 4) is 17.0 Å². The highest BCUT2D eigenvalue weighted by molar-refractivity contribution is 7.21. The van der Waals surface area contributed by atoms with Crippen LogP contribution in [0.1, 0.15) is 20.2 Å². The number of benzene rings is 2. The largest absolute Gasteiger partial charge is 0.465 e. The zero-order valence-electron chi connectivity index (χ0n) is 16.3. The van der Waals surface area contributed by atoms with Crippen molar-refractivity contribution in [2.75, 3.05) is 12.4 Å². The van der Waals surface area contributed by atoms with E-state index in [1.54, 1.807) is 30.3 Å². The van der Waals surface area contributed by atoms with Crippen LogP contribution < -0.4 is 10.1 Å². The van der Waals surface area contributed by atoms with Gasteiger partial charge in [0, 0.05) is 21.3 Å². The number of hydrogen-bond donors (Lipinski definition) is 2. The first-order valence-electron chi connectivity index (χ1n) is 9.08. The van der Waals surface area contributed by atoms with Gasteiger partial charge in [-0.3, -0.25) is 9.89 Å². The molecule has 2 N–H and O–H groups in total. The minimum atomic E-state index is -2.90. The fourth-order valence-electron chi connectivity index (χ4n) is 2.96. The Morgan fingerprint density at radius 2 is 1.91 bits per heavy atom. The molecule has 11 heteroatoms. The number of carbonyl (C=O) groups is 2. The van der Waals surface area contributed by atoms with Crippen LogP contribution in [-0.2, 0) is 4.74 Å². The van der Waals surface area contributed by atoms with Crippen molar-refractivity contribution >= 4 is 50.6 Å². The molecule has 0 unspecified atom stereocenters. The summed E-state index contributed by atoms with van der Waals surface area (Å²) in [5.41, 5.74) is 1.78. The molecule has 0 aliphatic carbocycles. The van der Waals surface area contributed by atoms with E-state index in [1.165, 1.54) is 25.3 Å². The average Bonchev–Trinajstić information content (AvgIpc) is 3.39. The molecule has 0 atom stereocenters. The summed E-state index contributed by atoms with van der Waals surface area (Å²) in [7, 11) is 1.28. The number of amides is 1. The van der Waals surface area contributed by atoms with Crippen molar-refractivity contribution in [1.29, 1.82) is 0 Å². The number of halogens is 3. The highest BCUT2D eigenvalue weighted by atomic mass is 35.5. The number of alkyl halides is 2. The lowest BCUT2D eigenvalue weighted by Gasteiger charge is -2.04. The van der Waals surface area contributed by atoms with Crippen LogP contribution in [0.2, 0.25) is 5.02 Å². The third-order valence-corrected chi connectivity index (χ3v) is 6.09. The predicted octanol–water partition coefficient (Wildman–Crippen LogP) is 5.59. The molecule has 0 spiro atoms. The van der Waals surface area contributed by atoms with E-state index >= 15 is 0 Å². The summed E-state index contributed by atoms with van der Waals surface area (Å²) in [6, 6.07) is 12.5. The number of nitrogens with one attached hydrogen (secondary N) is 2. The smallest absolute Gasteiger partial charge is 0.387 e. The summed E-state index contributed by atoms with van der Waals surface area (Å²) >= 11 is 7.41. The molecule has 2 aromatic heterocycles. The number of ether oxygens (including phenoxy) is 2. The van der Waals surface area contributed by atoms with Gasteiger partial charge in [-0.2, -0.15) is 13.9 Å². The molecular formula is C21H14ClF2N3O4S. The van der Waals surface area contributed by atoms with Gasteiger partial charge in [-0.25, -0.2) is 4.79 Å². The van der Waals surface area contributed by atoms with Gasteiger partial charge in [0.05, 0.1) is 17.8 Å². The van der Waals surface area contributed by atoms with E-state index in [2.05, 4.69) is 20.3 Å². The SMILES string of the molecule is COC(=O)c1sc2cc(NC(=O)c3cc(-c4ccc(OC(F)F)cc4)n[nH]3)ccc2c1Cl. The van der Waals surface area contributed by atoms with Crippen molar-refractivity contribution < 1.29 is 27.8 Å². The Kier molecular flexibility index (Phi) is 6.06. The molecule has 32 heavy (non-hydrogen) atoms. The average molecular weight is 478 g/mol. The van der Waals surface area contributed by atoms with E-state index < -0.39 is 18.5 Å². The highest BCUT2D eigenvalue weighted by Crippen LogP contribution is 2.37. The van der Waals surface area contributed by atoms with Gasteiger partial charge in [0.2, 0.25) is 0 Å². The minimum absolute atomic E-state index is 0.0247. The number of hydrogen-bond acceptors (Lipinski definition) is 6. The quantitative estimate of drug-likeness (QED) is 0.353. The topological polar surface area (TPSA) is 93.3 Å². The highest BCUT2D eigenvalue weighted by Gasteiger charge is 2.18. The van der Waals surface area contributed by atoms with Crippen LogP contribution >= 0.6 is 22.9 Å². The van der Waals surface area contributed by atoms with Crippen molar-refractivity contribution in [3.63, 3.8) is 0 Å². The van der Waals surface area contributed by atoms with Gasteiger partial charge in [-0.05, 0) is 48.5 Å². The first kappa shape index (κ1) is 21.7. The van der Waals surface area contributed by atoms with Crippen LogP contribution in [0.4, 0.5) is 14.5 Å². The lowest BCUT2D eigenvalue weighted by atomic mass is 10.1. The Hall–Kier alpha value is -3.50. The third kappa shape index (κ3) is 4.41. The zero-order chi connectivity index (χ0) is 22.8. The molecule has 0 radical (unpaired) electrons. The molecule has 2 aromatic carbocycles. The Morgan fingerprint density at radius 3 is 2.59 bits per heavy atom. The van der Waals surface area contributed by atoms with Crippen LogP contribution in [0.3, 0.4) is 0 Å². The number of fused-ring (bicyclic) bond motifs is 1. The van der Waals surface area contributed by atoms with Crippen LogP contribution in [0, 0.1) is 0 Å². The van der Waals surface area contributed by atoms with Gasteiger partial charge in [0.25, 0.3) is 5.91 Å². The second kappa shape index (κ2) is 8.93. The van der Waals surface area contributed by atoms with Crippen molar-refractivity contribution in [1.82, 2.24) is 10.2 Å². The molecule has 164 valence electrons. The van der Waals surface area contributed by atoms with Crippen molar-refractivity contribution in [3.05, 3.63) is 64.1 Å². The number of rotatable bonds is 6. The Bertz CT molecular complexity index is 1300. The summed E-state index contributed by atoms with van der Waals surface area (Å²) in [4.78, 5) is 24.7. The number of thiophene rings is 1. The number of nitrogens with zero attached hydrogens (tertiary/aromatic N) is 1.